The van der Waals surface area contributed by atoms with Gasteiger partial charge in [0.15, 0.2) is 0 Å². The standard InChI is InChI=1S/C16H32/c1-4-7-8-9-10-11-14-12-16(13-14)15(5-2)6-3/h14-16H,4-13H2,1-3H3. The fourth-order valence-corrected chi connectivity index (χ4v) is 3.40. The molecule has 0 amide bonds. The third kappa shape index (κ3) is 4.47. The minimum Gasteiger partial charge on any atom is -0.0654 e. The van der Waals surface area contributed by atoms with Gasteiger partial charge in [0.25, 0.3) is 0 Å². The monoisotopic (exact) mass is 224 g/mol. The Bertz CT molecular complexity index is 151. The van der Waals surface area contributed by atoms with Crippen molar-refractivity contribution in [3.8, 4) is 0 Å². The van der Waals surface area contributed by atoms with E-state index in [1.807, 2.05) is 0 Å². The second-order valence-electron chi connectivity index (χ2n) is 5.88. The molecule has 0 N–H and O–H groups in total. The second kappa shape index (κ2) is 8.14. The van der Waals surface area contributed by atoms with Crippen molar-refractivity contribution >= 4 is 0 Å². The first-order valence-corrected chi connectivity index (χ1v) is 7.81. The molecule has 0 aliphatic heterocycles. The van der Waals surface area contributed by atoms with Gasteiger partial charge in [0, 0.05) is 0 Å². The summed E-state index contributed by atoms with van der Waals surface area (Å²) in [5.74, 6) is 3.24. The molecule has 0 aromatic rings. The second-order valence-corrected chi connectivity index (χ2v) is 5.88. The zero-order valence-corrected chi connectivity index (χ0v) is 11.8. The Morgan fingerprint density at radius 3 is 2.06 bits per heavy atom. The van der Waals surface area contributed by atoms with Crippen LogP contribution >= 0.6 is 0 Å². The van der Waals surface area contributed by atoms with Gasteiger partial charge in [-0.25, -0.2) is 0 Å². The summed E-state index contributed by atoms with van der Waals surface area (Å²) in [5, 5.41) is 0. The molecule has 0 heterocycles. The maximum atomic E-state index is 2.37. The average Bonchev–Trinajstić information content (AvgIpc) is 2.25. The van der Waals surface area contributed by atoms with Crippen molar-refractivity contribution in [2.45, 2.75) is 85.0 Å². The van der Waals surface area contributed by atoms with Crippen molar-refractivity contribution in [2.24, 2.45) is 17.8 Å². The molecule has 0 saturated heterocycles. The van der Waals surface area contributed by atoms with Crippen LogP contribution in [0.1, 0.15) is 85.0 Å². The number of hydrogen-bond donors (Lipinski definition) is 0. The number of hydrogen-bond acceptors (Lipinski definition) is 0. The summed E-state index contributed by atoms with van der Waals surface area (Å²) in [5.41, 5.74) is 0. The van der Waals surface area contributed by atoms with E-state index in [2.05, 4.69) is 20.8 Å². The van der Waals surface area contributed by atoms with Crippen LogP contribution in [0.2, 0.25) is 0 Å². The summed E-state index contributed by atoms with van der Waals surface area (Å²) in [4.78, 5) is 0. The van der Waals surface area contributed by atoms with Gasteiger partial charge in [-0.1, -0.05) is 72.1 Å². The lowest BCUT2D eigenvalue weighted by Crippen LogP contribution is -2.29. The summed E-state index contributed by atoms with van der Waals surface area (Å²) in [6.45, 7) is 7.03. The summed E-state index contributed by atoms with van der Waals surface area (Å²) < 4.78 is 0. The molecule has 1 aliphatic rings. The van der Waals surface area contributed by atoms with Crippen LogP contribution < -0.4 is 0 Å². The first-order valence-electron chi connectivity index (χ1n) is 7.81. The smallest absolute Gasteiger partial charge is 0.0381 e. The van der Waals surface area contributed by atoms with Crippen molar-refractivity contribution in [2.75, 3.05) is 0 Å². The highest BCUT2D eigenvalue weighted by Crippen LogP contribution is 2.43. The van der Waals surface area contributed by atoms with Crippen LogP contribution in [0.5, 0.6) is 0 Å². The van der Waals surface area contributed by atoms with Gasteiger partial charge < -0.3 is 0 Å². The van der Waals surface area contributed by atoms with E-state index < -0.39 is 0 Å². The molecule has 1 aliphatic carbocycles. The summed E-state index contributed by atoms with van der Waals surface area (Å²) in [6.07, 6.45) is 14.7. The largest absolute Gasteiger partial charge is 0.0654 e. The summed E-state index contributed by atoms with van der Waals surface area (Å²) in [7, 11) is 0. The first-order chi connectivity index (χ1) is 7.81. The van der Waals surface area contributed by atoms with Gasteiger partial charge in [0.2, 0.25) is 0 Å². The summed E-state index contributed by atoms with van der Waals surface area (Å²) in [6, 6.07) is 0. The Morgan fingerprint density at radius 1 is 0.875 bits per heavy atom. The predicted octanol–water partition coefficient (Wildman–Crippen LogP) is 5.81. The van der Waals surface area contributed by atoms with Crippen molar-refractivity contribution in [1.29, 1.82) is 0 Å². The van der Waals surface area contributed by atoms with E-state index in [1.165, 1.54) is 51.4 Å². The van der Waals surface area contributed by atoms with Gasteiger partial charge >= 0.3 is 0 Å². The zero-order valence-electron chi connectivity index (χ0n) is 11.8. The Kier molecular flexibility index (Phi) is 7.16. The topological polar surface area (TPSA) is 0 Å². The molecule has 0 bridgehead atoms. The number of rotatable bonds is 9. The predicted molar refractivity (Wildman–Crippen MR) is 73.7 cm³/mol. The highest BCUT2D eigenvalue weighted by Gasteiger charge is 2.32. The highest BCUT2D eigenvalue weighted by atomic mass is 14.4. The zero-order chi connectivity index (χ0) is 11.8. The van der Waals surface area contributed by atoms with E-state index in [0.717, 1.165) is 17.8 Å². The maximum absolute atomic E-state index is 2.37. The molecule has 0 spiro atoms. The number of unbranched alkanes of at least 4 members (excludes halogenated alkanes) is 4. The van der Waals surface area contributed by atoms with E-state index in [-0.39, 0.29) is 0 Å². The van der Waals surface area contributed by atoms with Gasteiger partial charge in [-0.15, -0.1) is 0 Å². The summed E-state index contributed by atoms with van der Waals surface area (Å²) >= 11 is 0. The maximum Gasteiger partial charge on any atom is -0.0381 e. The Morgan fingerprint density at radius 2 is 1.50 bits per heavy atom. The molecular formula is C16H32. The Labute approximate surface area is 103 Å². The molecule has 0 nitrogen and oxygen atoms in total. The Hall–Kier alpha value is 0. The van der Waals surface area contributed by atoms with E-state index in [9.17, 15) is 0 Å². The van der Waals surface area contributed by atoms with Gasteiger partial charge in [-0.2, -0.15) is 0 Å². The fraction of sp³-hybridized carbons (Fsp3) is 1.00. The molecule has 0 atom stereocenters. The third-order valence-electron chi connectivity index (χ3n) is 4.70. The molecular weight excluding hydrogens is 192 g/mol. The van der Waals surface area contributed by atoms with Gasteiger partial charge in [-0.3, -0.25) is 0 Å². The van der Waals surface area contributed by atoms with Crippen LogP contribution in [-0.4, -0.2) is 0 Å². The lowest BCUT2D eigenvalue weighted by atomic mass is 9.65. The van der Waals surface area contributed by atoms with Gasteiger partial charge in [-0.05, 0) is 30.6 Å². The minimum absolute atomic E-state index is 1.04. The SMILES string of the molecule is CCCCCCCC1CC(C(CC)CC)C1. The molecule has 1 saturated carbocycles. The quantitative estimate of drug-likeness (QED) is 0.434. The lowest BCUT2D eigenvalue weighted by molar-refractivity contribution is 0.108. The molecule has 0 aromatic carbocycles. The molecule has 0 unspecified atom stereocenters. The van der Waals surface area contributed by atoms with E-state index in [1.54, 1.807) is 12.8 Å². The van der Waals surface area contributed by atoms with E-state index in [0.29, 0.717) is 0 Å². The van der Waals surface area contributed by atoms with Crippen LogP contribution in [0.25, 0.3) is 0 Å². The van der Waals surface area contributed by atoms with Gasteiger partial charge in [0.1, 0.15) is 0 Å². The van der Waals surface area contributed by atoms with E-state index in [4.69, 9.17) is 0 Å². The van der Waals surface area contributed by atoms with Gasteiger partial charge in [0.05, 0.1) is 0 Å². The molecule has 0 radical (unpaired) electrons. The minimum atomic E-state index is 1.04. The van der Waals surface area contributed by atoms with Crippen molar-refractivity contribution in [1.82, 2.24) is 0 Å². The fourth-order valence-electron chi connectivity index (χ4n) is 3.40. The molecule has 16 heavy (non-hydrogen) atoms. The van der Waals surface area contributed by atoms with Crippen molar-refractivity contribution in [3.05, 3.63) is 0 Å². The van der Waals surface area contributed by atoms with Crippen molar-refractivity contribution < 1.29 is 0 Å². The molecule has 0 aromatic heterocycles. The first kappa shape index (κ1) is 14.1. The molecule has 96 valence electrons. The van der Waals surface area contributed by atoms with Crippen LogP contribution in [0.15, 0.2) is 0 Å². The molecule has 1 fully saturated rings. The van der Waals surface area contributed by atoms with Crippen LogP contribution in [0.4, 0.5) is 0 Å². The van der Waals surface area contributed by atoms with Crippen LogP contribution in [-0.2, 0) is 0 Å². The van der Waals surface area contributed by atoms with Crippen LogP contribution in [0, 0.1) is 17.8 Å². The lowest BCUT2D eigenvalue weighted by Gasteiger charge is -2.40. The Balaban J connectivity index is 1.95. The van der Waals surface area contributed by atoms with Crippen molar-refractivity contribution in [3.63, 3.8) is 0 Å². The third-order valence-corrected chi connectivity index (χ3v) is 4.70. The average molecular weight is 224 g/mol. The normalized spacial score (nSPS) is 24.8. The van der Waals surface area contributed by atoms with E-state index >= 15 is 0 Å². The highest BCUT2D eigenvalue weighted by molar-refractivity contribution is 4.83. The molecule has 0 heteroatoms. The molecule has 1 rings (SSSR count). The van der Waals surface area contributed by atoms with Crippen LogP contribution in [0.3, 0.4) is 0 Å².